The van der Waals surface area contributed by atoms with Crippen molar-refractivity contribution in [2.24, 2.45) is 0 Å². The van der Waals surface area contributed by atoms with Gasteiger partial charge >= 0.3 is 5.97 Å². The molecule has 6 heteroatoms. The van der Waals surface area contributed by atoms with Crippen LogP contribution in [0.4, 0.5) is 8.78 Å². The maximum Gasteiger partial charge on any atom is 0.337 e. The summed E-state index contributed by atoms with van der Waals surface area (Å²) in [5.74, 6) is -1.41. The predicted molar refractivity (Wildman–Crippen MR) is 43.9 cm³/mol. The molecule has 0 aliphatic carbocycles. The minimum atomic E-state index is -2.81. The zero-order valence-electron chi connectivity index (χ0n) is 6.17. The Bertz CT molecular complexity index is 343. The quantitative estimate of drug-likeness (QED) is 0.822. The number of halogens is 3. The molecule has 1 rings (SSSR count). The molecule has 0 aliphatic heterocycles. The molecule has 1 aromatic rings. The number of nitrogens with zero attached hydrogens (tertiary/aromatic N) is 1. The number of alkyl halides is 2. The van der Waals surface area contributed by atoms with E-state index in [0.717, 1.165) is 12.3 Å². The van der Waals surface area contributed by atoms with E-state index in [-0.39, 0.29) is 4.60 Å². The van der Waals surface area contributed by atoms with Crippen LogP contribution >= 0.6 is 15.9 Å². The Kier molecular flexibility index (Phi) is 2.92. The lowest BCUT2D eigenvalue weighted by atomic mass is 10.1. The van der Waals surface area contributed by atoms with Crippen molar-refractivity contribution >= 4 is 21.9 Å². The number of pyridine rings is 1. The van der Waals surface area contributed by atoms with Crippen LogP contribution < -0.4 is 0 Å². The van der Waals surface area contributed by atoms with Gasteiger partial charge in [0.2, 0.25) is 0 Å². The first-order valence-electron chi connectivity index (χ1n) is 3.19. The van der Waals surface area contributed by atoms with Crippen LogP contribution in [0.3, 0.4) is 0 Å². The monoisotopic (exact) mass is 251 g/mol. The third-order valence-electron chi connectivity index (χ3n) is 1.37. The molecule has 1 aromatic heterocycles. The summed E-state index contributed by atoms with van der Waals surface area (Å²) in [4.78, 5) is 14.0. The molecular weight excluding hydrogens is 248 g/mol. The molecule has 0 bridgehead atoms. The van der Waals surface area contributed by atoms with E-state index in [2.05, 4.69) is 20.9 Å². The van der Waals surface area contributed by atoms with E-state index in [9.17, 15) is 13.6 Å². The van der Waals surface area contributed by atoms with Gasteiger partial charge in [0.05, 0.1) is 5.56 Å². The molecule has 0 spiro atoms. The number of hydrogen-bond acceptors (Lipinski definition) is 2. The first-order valence-corrected chi connectivity index (χ1v) is 3.98. The Morgan fingerprint density at radius 1 is 1.62 bits per heavy atom. The van der Waals surface area contributed by atoms with Gasteiger partial charge in [0.15, 0.2) is 0 Å². The van der Waals surface area contributed by atoms with Crippen LogP contribution in [0.5, 0.6) is 0 Å². The fourth-order valence-electron chi connectivity index (χ4n) is 0.803. The Morgan fingerprint density at radius 2 is 2.23 bits per heavy atom. The predicted octanol–water partition coefficient (Wildman–Crippen LogP) is 2.48. The van der Waals surface area contributed by atoms with E-state index in [4.69, 9.17) is 5.11 Å². The molecule has 3 nitrogen and oxygen atoms in total. The number of carboxylic acid groups (broad SMARTS) is 1. The Morgan fingerprint density at radius 3 is 2.69 bits per heavy atom. The number of hydrogen-bond donors (Lipinski definition) is 1. The van der Waals surface area contributed by atoms with Gasteiger partial charge in [0.25, 0.3) is 6.43 Å². The van der Waals surface area contributed by atoms with E-state index in [1.165, 1.54) is 0 Å². The Balaban J connectivity index is 3.26. The summed E-state index contributed by atoms with van der Waals surface area (Å²) >= 11 is 2.88. The second kappa shape index (κ2) is 3.78. The van der Waals surface area contributed by atoms with E-state index in [0.29, 0.717) is 0 Å². The molecule has 0 aliphatic rings. The molecule has 0 saturated heterocycles. The van der Waals surface area contributed by atoms with Gasteiger partial charge in [-0.15, -0.1) is 0 Å². The van der Waals surface area contributed by atoms with Crippen molar-refractivity contribution < 1.29 is 18.7 Å². The molecule has 0 aromatic carbocycles. The molecule has 70 valence electrons. The summed E-state index contributed by atoms with van der Waals surface area (Å²) < 4.78 is 24.7. The standard InChI is InChI=1S/C7H4BrF2NO2/c8-5-1-3(6(9)10)4(2-11-5)7(12)13/h1-2,6H,(H,12,13). The summed E-state index contributed by atoms with van der Waals surface area (Å²) in [6.07, 6.45) is -1.92. The second-order valence-corrected chi connectivity index (χ2v) is 3.01. The zero-order valence-corrected chi connectivity index (χ0v) is 7.75. The largest absolute Gasteiger partial charge is 0.478 e. The van der Waals surface area contributed by atoms with E-state index < -0.39 is 23.5 Å². The van der Waals surface area contributed by atoms with Crippen molar-refractivity contribution in [1.29, 1.82) is 0 Å². The molecular formula is C7H4BrF2NO2. The lowest BCUT2D eigenvalue weighted by Gasteiger charge is -2.03. The fraction of sp³-hybridized carbons (Fsp3) is 0.143. The molecule has 1 N–H and O–H groups in total. The number of rotatable bonds is 2. The zero-order chi connectivity index (χ0) is 10.0. The van der Waals surface area contributed by atoms with Gasteiger partial charge in [0, 0.05) is 11.8 Å². The van der Waals surface area contributed by atoms with Crippen LogP contribution in [0, 0.1) is 0 Å². The van der Waals surface area contributed by atoms with Gasteiger partial charge in [-0.1, -0.05) is 0 Å². The highest BCUT2D eigenvalue weighted by Gasteiger charge is 2.18. The van der Waals surface area contributed by atoms with Crippen LogP contribution in [-0.2, 0) is 0 Å². The molecule has 0 amide bonds. The van der Waals surface area contributed by atoms with E-state index in [1.54, 1.807) is 0 Å². The highest BCUT2D eigenvalue weighted by atomic mass is 79.9. The van der Waals surface area contributed by atoms with Crippen molar-refractivity contribution in [2.75, 3.05) is 0 Å². The Hall–Kier alpha value is -1.04. The van der Waals surface area contributed by atoms with Crippen LogP contribution in [0.2, 0.25) is 0 Å². The van der Waals surface area contributed by atoms with Gasteiger partial charge in [-0.3, -0.25) is 0 Å². The average Bonchev–Trinajstić information content (AvgIpc) is 2.03. The van der Waals surface area contributed by atoms with Crippen LogP contribution in [0.1, 0.15) is 22.3 Å². The van der Waals surface area contributed by atoms with Crippen LogP contribution in [-0.4, -0.2) is 16.1 Å². The third kappa shape index (κ3) is 2.21. The minimum Gasteiger partial charge on any atom is -0.478 e. The Labute approximate surface area is 80.5 Å². The topological polar surface area (TPSA) is 50.2 Å². The number of carbonyl (C=O) groups is 1. The summed E-state index contributed by atoms with van der Waals surface area (Å²) in [6, 6.07) is 0.994. The van der Waals surface area contributed by atoms with Crippen molar-refractivity contribution in [3.63, 3.8) is 0 Å². The van der Waals surface area contributed by atoms with Gasteiger partial charge in [-0.05, 0) is 22.0 Å². The number of aromatic nitrogens is 1. The third-order valence-corrected chi connectivity index (χ3v) is 1.80. The van der Waals surface area contributed by atoms with Gasteiger partial charge in [-0.2, -0.15) is 0 Å². The van der Waals surface area contributed by atoms with Crippen molar-refractivity contribution in [1.82, 2.24) is 4.98 Å². The molecule has 0 fully saturated rings. The van der Waals surface area contributed by atoms with E-state index in [1.807, 2.05) is 0 Å². The van der Waals surface area contributed by atoms with Crippen molar-refractivity contribution in [2.45, 2.75) is 6.43 Å². The minimum absolute atomic E-state index is 0.188. The summed E-state index contributed by atoms with van der Waals surface area (Å²) in [6.45, 7) is 0. The maximum absolute atomic E-state index is 12.3. The first kappa shape index (κ1) is 10.0. The molecule has 13 heavy (non-hydrogen) atoms. The van der Waals surface area contributed by atoms with Crippen LogP contribution in [0.25, 0.3) is 0 Å². The summed E-state index contributed by atoms with van der Waals surface area (Å²) in [5.41, 5.74) is -1.01. The molecule has 0 radical (unpaired) electrons. The fourth-order valence-corrected chi connectivity index (χ4v) is 1.15. The van der Waals surface area contributed by atoms with Crippen molar-refractivity contribution in [3.05, 3.63) is 28.0 Å². The van der Waals surface area contributed by atoms with Gasteiger partial charge < -0.3 is 5.11 Å². The maximum atomic E-state index is 12.3. The molecule has 0 saturated carbocycles. The van der Waals surface area contributed by atoms with Crippen LogP contribution in [0.15, 0.2) is 16.9 Å². The number of carboxylic acids is 1. The number of aromatic carboxylic acids is 1. The van der Waals surface area contributed by atoms with Crippen molar-refractivity contribution in [3.8, 4) is 0 Å². The lowest BCUT2D eigenvalue weighted by molar-refractivity contribution is 0.0684. The average molecular weight is 252 g/mol. The highest BCUT2D eigenvalue weighted by Crippen LogP contribution is 2.24. The highest BCUT2D eigenvalue weighted by molar-refractivity contribution is 9.10. The lowest BCUT2D eigenvalue weighted by Crippen LogP contribution is -2.03. The molecule has 0 atom stereocenters. The smallest absolute Gasteiger partial charge is 0.337 e. The second-order valence-electron chi connectivity index (χ2n) is 2.20. The normalized spacial score (nSPS) is 10.5. The van der Waals surface area contributed by atoms with E-state index >= 15 is 0 Å². The van der Waals surface area contributed by atoms with Gasteiger partial charge in [0.1, 0.15) is 4.60 Å². The summed E-state index contributed by atoms with van der Waals surface area (Å²) in [5, 5.41) is 8.52. The first-order chi connectivity index (χ1) is 6.02. The van der Waals surface area contributed by atoms with Gasteiger partial charge in [-0.25, -0.2) is 18.6 Å². The SMILES string of the molecule is O=C(O)c1cnc(Br)cc1C(F)F. The molecule has 1 heterocycles. The molecule has 0 unspecified atom stereocenters. The summed E-state index contributed by atoms with van der Waals surface area (Å²) in [7, 11) is 0.